The molecule has 1 rings (SSSR count). The Morgan fingerprint density at radius 3 is 2.50 bits per heavy atom. The highest BCUT2D eigenvalue weighted by molar-refractivity contribution is 7.89. The van der Waals surface area contributed by atoms with Crippen molar-refractivity contribution in [3.8, 4) is 0 Å². The van der Waals surface area contributed by atoms with Gasteiger partial charge in [-0.2, -0.15) is 4.31 Å². The van der Waals surface area contributed by atoms with Crippen molar-refractivity contribution in [3.05, 3.63) is 28.8 Å². The molecule has 20 heavy (non-hydrogen) atoms. The summed E-state index contributed by atoms with van der Waals surface area (Å²) in [5.41, 5.74) is 0.857. The minimum Gasteiger partial charge on any atom is -0.481 e. The van der Waals surface area contributed by atoms with Gasteiger partial charge in [0.1, 0.15) is 4.90 Å². The summed E-state index contributed by atoms with van der Waals surface area (Å²) < 4.78 is 26.3. The van der Waals surface area contributed by atoms with Gasteiger partial charge in [-0.15, -0.1) is 0 Å². The number of aryl methyl sites for hydroxylation is 1. The van der Waals surface area contributed by atoms with E-state index >= 15 is 0 Å². The average molecular weight is 320 g/mol. The first-order valence-corrected chi connectivity index (χ1v) is 8.01. The van der Waals surface area contributed by atoms with E-state index in [1.54, 1.807) is 26.0 Å². The first-order valence-electron chi connectivity index (χ1n) is 6.20. The summed E-state index contributed by atoms with van der Waals surface area (Å²) >= 11 is 6.00. The Hall–Kier alpha value is -1.11. The van der Waals surface area contributed by atoms with Gasteiger partial charge in [-0.05, 0) is 31.5 Å². The van der Waals surface area contributed by atoms with Gasteiger partial charge < -0.3 is 5.11 Å². The van der Waals surface area contributed by atoms with Crippen molar-refractivity contribution in [1.29, 1.82) is 0 Å². The van der Waals surface area contributed by atoms with E-state index in [-0.39, 0.29) is 22.9 Å². The van der Waals surface area contributed by atoms with E-state index in [0.717, 1.165) is 9.87 Å². The average Bonchev–Trinajstić information content (AvgIpc) is 2.27. The van der Waals surface area contributed by atoms with Crippen LogP contribution in [0.15, 0.2) is 23.1 Å². The fourth-order valence-corrected chi connectivity index (χ4v) is 4.23. The minimum atomic E-state index is -3.81. The number of sulfonamides is 1. The third kappa shape index (κ3) is 3.71. The molecule has 1 unspecified atom stereocenters. The van der Waals surface area contributed by atoms with E-state index < -0.39 is 22.0 Å². The number of nitrogens with zero attached hydrogens (tertiary/aromatic N) is 1. The molecule has 0 fully saturated rings. The van der Waals surface area contributed by atoms with Gasteiger partial charge in [0.2, 0.25) is 10.0 Å². The number of carboxylic acid groups (broad SMARTS) is 1. The first kappa shape index (κ1) is 16.9. The van der Waals surface area contributed by atoms with E-state index in [2.05, 4.69) is 0 Å². The van der Waals surface area contributed by atoms with Gasteiger partial charge in [-0.3, -0.25) is 4.79 Å². The summed E-state index contributed by atoms with van der Waals surface area (Å²) in [5, 5.41) is 8.95. The molecule has 0 aliphatic carbocycles. The van der Waals surface area contributed by atoms with Crippen LogP contribution in [0.2, 0.25) is 5.02 Å². The van der Waals surface area contributed by atoms with Crippen molar-refractivity contribution in [2.45, 2.75) is 38.1 Å². The number of rotatable bonds is 6. The smallest absolute Gasteiger partial charge is 0.304 e. The van der Waals surface area contributed by atoms with Crippen molar-refractivity contribution in [2.24, 2.45) is 0 Å². The van der Waals surface area contributed by atoms with Crippen LogP contribution < -0.4 is 0 Å². The van der Waals surface area contributed by atoms with Gasteiger partial charge in [0.15, 0.2) is 0 Å². The van der Waals surface area contributed by atoms with Gasteiger partial charge in [0.25, 0.3) is 0 Å². The van der Waals surface area contributed by atoms with Crippen molar-refractivity contribution >= 4 is 27.6 Å². The fourth-order valence-electron chi connectivity index (χ4n) is 2.01. The summed E-state index contributed by atoms with van der Waals surface area (Å²) in [6.45, 7) is 5.23. The Morgan fingerprint density at radius 1 is 1.45 bits per heavy atom. The molecule has 0 saturated carbocycles. The molecule has 0 bridgehead atoms. The molecule has 1 atom stereocenters. The number of hydrogen-bond acceptors (Lipinski definition) is 3. The zero-order chi connectivity index (χ0) is 15.5. The second-order valence-electron chi connectivity index (χ2n) is 4.59. The maximum atomic E-state index is 12.6. The molecular formula is C13H18ClNO4S. The molecule has 0 heterocycles. The lowest BCUT2D eigenvalue weighted by Gasteiger charge is -2.26. The Morgan fingerprint density at radius 2 is 2.05 bits per heavy atom. The second kappa shape index (κ2) is 6.56. The van der Waals surface area contributed by atoms with Crippen LogP contribution in [0.5, 0.6) is 0 Å². The molecule has 1 N–H and O–H groups in total. The Bertz CT molecular complexity index is 600. The lowest BCUT2D eigenvalue weighted by molar-refractivity contribution is -0.137. The molecule has 0 saturated heterocycles. The summed E-state index contributed by atoms with van der Waals surface area (Å²) in [4.78, 5) is 10.8. The predicted molar refractivity (Wildman–Crippen MR) is 77.5 cm³/mol. The zero-order valence-electron chi connectivity index (χ0n) is 11.6. The topological polar surface area (TPSA) is 74.7 Å². The fraction of sp³-hybridized carbons (Fsp3) is 0.462. The monoisotopic (exact) mass is 319 g/mol. The number of halogens is 1. The highest BCUT2D eigenvalue weighted by Crippen LogP contribution is 2.27. The highest BCUT2D eigenvalue weighted by atomic mass is 35.5. The number of benzene rings is 1. The van der Waals surface area contributed by atoms with Gasteiger partial charge in [0.05, 0.1) is 11.4 Å². The molecule has 0 amide bonds. The normalized spacial score (nSPS) is 13.4. The van der Waals surface area contributed by atoms with Crippen molar-refractivity contribution < 1.29 is 18.3 Å². The Balaban J connectivity index is 3.21. The molecule has 112 valence electrons. The largest absolute Gasteiger partial charge is 0.481 e. The van der Waals surface area contributed by atoms with Crippen molar-refractivity contribution in [1.82, 2.24) is 4.31 Å². The Kier molecular flexibility index (Phi) is 5.56. The standard InChI is InChI=1S/C13H18ClNO4S/c1-4-15(10(3)8-13(16)17)20(18,19)12-6-5-9(2)7-11(12)14/h5-7,10H,4,8H2,1-3H3,(H,16,17). The van der Waals surface area contributed by atoms with Crippen molar-refractivity contribution in [3.63, 3.8) is 0 Å². The predicted octanol–water partition coefficient (Wildman–Crippen LogP) is 2.52. The minimum absolute atomic E-state index is 0.00357. The molecule has 5 nitrogen and oxygen atoms in total. The van der Waals surface area contributed by atoms with Crippen molar-refractivity contribution in [2.75, 3.05) is 6.54 Å². The maximum Gasteiger partial charge on any atom is 0.304 e. The van der Waals surface area contributed by atoms with Crippen LogP contribution in [0.25, 0.3) is 0 Å². The molecule has 1 aromatic carbocycles. The molecule has 0 aromatic heterocycles. The van der Waals surface area contributed by atoms with Crippen LogP contribution in [-0.4, -0.2) is 36.4 Å². The SMILES string of the molecule is CCN(C(C)CC(=O)O)S(=O)(=O)c1ccc(C)cc1Cl. The lowest BCUT2D eigenvalue weighted by Crippen LogP contribution is -2.39. The number of carboxylic acids is 1. The summed E-state index contributed by atoms with van der Waals surface area (Å²) in [6.07, 6.45) is -0.253. The quantitative estimate of drug-likeness (QED) is 0.874. The Labute approximate surface area is 124 Å². The van der Waals surface area contributed by atoms with E-state index in [0.29, 0.717) is 0 Å². The number of carbonyl (C=O) groups is 1. The summed E-state index contributed by atoms with van der Waals surface area (Å²) in [5.74, 6) is -1.04. The summed E-state index contributed by atoms with van der Waals surface area (Å²) in [7, 11) is -3.81. The molecule has 0 aliphatic rings. The summed E-state index contributed by atoms with van der Waals surface area (Å²) in [6, 6.07) is 4.04. The van der Waals surface area contributed by atoms with Crippen LogP contribution in [0.4, 0.5) is 0 Å². The zero-order valence-corrected chi connectivity index (χ0v) is 13.2. The van der Waals surface area contributed by atoms with E-state index in [1.165, 1.54) is 6.07 Å². The lowest BCUT2D eigenvalue weighted by atomic mass is 10.2. The maximum absolute atomic E-state index is 12.6. The van der Waals surface area contributed by atoms with Gasteiger partial charge in [0, 0.05) is 12.6 Å². The highest BCUT2D eigenvalue weighted by Gasteiger charge is 2.30. The number of hydrogen-bond donors (Lipinski definition) is 1. The molecule has 0 aliphatic heterocycles. The van der Waals surface area contributed by atoms with Crippen LogP contribution in [0, 0.1) is 6.92 Å². The third-order valence-electron chi connectivity index (χ3n) is 2.95. The van der Waals surface area contributed by atoms with Crippen LogP contribution in [-0.2, 0) is 14.8 Å². The van der Waals surface area contributed by atoms with Crippen LogP contribution in [0.3, 0.4) is 0 Å². The first-order chi connectivity index (χ1) is 9.20. The molecule has 7 heteroatoms. The van der Waals surface area contributed by atoms with Crippen LogP contribution >= 0.6 is 11.6 Å². The van der Waals surface area contributed by atoms with Gasteiger partial charge in [-0.1, -0.05) is 24.6 Å². The third-order valence-corrected chi connectivity index (χ3v) is 5.52. The van der Waals surface area contributed by atoms with E-state index in [9.17, 15) is 13.2 Å². The molecule has 0 radical (unpaired) electrons. The molecular weight excluding hydrogens is 302 g/mol. The molecule has 1 aromatic rings. The molecule has 0 spiro atoms. The van der Waals surface area contributed by atoms with E-state index in [1.807, 2.05) is 6.92 Å². The second-order valence-corrected chi connectivity index (χ2v) is 6.86. The van der Waals surface area contributed by atoms with Gasteiger partial charge in [-0.25, -0.2) is 8.42 Å². The van der Waals surface area contributed by atoms with Gasteiger partial charge >= 0.3 is 5.97 Å². The van der Waals surface area contributed by atoms with Crippen LogP contribution in [0.1, 0.15) is 25.8 Å². The van der Waals surface area contributed by atoms with E-state index in [4.69, 9.17) is 16.7 Å². The number of aliphatic carboxylic acids is 1.